The highest BCUT2D eigenvalue weighted by Crippen LogP contribution is 2.52. The Morgan fingerprint density at radius 2 is 0.570 bits per heavy atom. The zero-order valence-electron chi connectivity index (χ0n) is 52.0. The van der Waals surface area contributed by atoms with Crippen molar-refractivity contribution in [2.75, 3.05) is 0 Å². The molecular formula is C88H61N5. The topological polar surface area (TPSA) is 40.6 Å². The van der Waals surface area contributed by atoms with Gasteiger partial charge >= 0.3 is 0 Å². The molecule has 0 atom stereocenters. The average Bonchev–Trinajstić information content (AvgIpc) is 1.59. The summed E-state index contributed by atoms with van der Waals surface area (Å²) in [5.41, 5.74) is 30.4. The first-order chi connectivity index (χ1) is 45.6. The Kier molecular flexibility index (Phi) is 11.4. The first-order valence-electron chi connectivity index (χ1n) is 32.4. The average molecular weight is 1190 g/mol. The molecule has 0 radical (unpaired) electrons. The van der Waals surface area contributed by atoms with Gasteiger partial charge in [0.1, 0.15) is 0 Å². The molecule has 0 spiro atoms. The van der Waals surface area contributed by atoms with Gasteiger partial charge < -0.3 is 13.7 Å². The van der Waals surface area contributed by atoms with Gasteiger partial charge in [0.2, 0.25) is 0 Å². The lowest BCUT2D eigenvalue weighted by Crippen LogP contribution is -2.15. The van der Waals surface area contributed by atoms with E-state index in [0.29, 0.717) is 5.82 Å². The summed E-state index contributed by atoms with van der Waals surface area (Å²) in [7, 11) is 0. The molecule has 93 heavy (non-hydrogen) atoms. The highest BCUT2D eigenvalue weighted by molar-refractivity contribution is 6.15. The predicted octanol–water partition coefficient (Wildman–Crippen LogP) is 22.7. The maximum Gasteiger partial charge on any atom is 0.160 e. The second kappa shape index (κ2) is 19.9. The number of hydrogen-bond donors (Lipinski definition) is 0. The van der Waals surface area contributed by atoms with Gasteiger partial charge in [0.05, 0.1) is 44.5 Å². The van der Waals surface area contributed by atoms with E-state index in [-0.39, 0.29) is 10.8 Å². The van der Waals surface area contributed by atoms with Crippen LogP contribution in [0.1, 0.15) is 49.9 Å². The van der Waals surface area contributed by atoms with E-state index < -0.39 is 0 Å². The molecule has 5 heteroatoms. The molecule has 0 saturated carbocycles. The Labute approximate surface area is 539 Å². The fraction of sp³-hybridized carbons (Fsp3) is 0.0682. The second-order valence-corrected chi connectivity index (χ2v) is 26.5. The van der Waals surface area contributed by atoms with Gasteiger partial charge in [-0.3, -0.25) is 0 Å². The summed E-state index contributed by atoms with van der Waals surface area (Å²) in [6.07, 6.45) is 0. The van der Waals surface area contributed by atoms with Gasteiger partial charge in [0, 0.05) is 76.9 Å². The van der Waals surface area contributed by atoms with Crippen molar-refractivity contribution in [1.29, 1.82) is 0 Å². The zero-order chi connectivity index (χ0) is 61.8. The molecule has 17 aromatic rings. The zero-order valence-corrected chi connectivity index (χ0v) is 52.0. The van der Waals surface area contributed by atoms with Crippen LogP contribution >= 0.6 is 0 Å². The first-order valence-corrected chi connectivity index (χ1v) is 32.4. The molecule has 2 aliphatic rings. The maximum atomic E-state index is 5.29. The number of nitrogens with zero attached hydrogens (tertiary/aromatic N) is 5. The van der Waals surface area contributed by atoms with Crippen molar-refractivity contribution in [3.05, 3.63) is 320 Å². The molecule has 2 aliphatic carbocycles. The summed E-state index contributed by atoms with van der Waals surface area (Å²) in [4.78, 5) is 10.6. The summed E-state index contributed by atoms with van der Waals surface area (Å²) < 4.78 is 7.36. The number of rotatable bonds is 8. The van der Waals surface area contributed by atoms with E-state index in [2.05, 4.69) is 327 Å². The molecule has 0 unspecified atom stereocenters. The molecule has 0 aliphatic heterocycles. The molecule has 13 aromatic carbocycles. The Balaban J connectivity index is 0.773. The van der Waals surface area contributed by atoms with Crippen molar-refractivity contribution in [3.8, 4) is 95.5 Å². The van der Waals surface area contributed by atoms with Crippen LogP contribution in [-0.4, -0.2) is 23.7 Å². The summed E-state index contributed by atoms with van der Waals surface area (Å²) >= 11 is 0. The third-order valence-electron chi connectivity index (χ3n) is 20.7. The minimum absolute atomic E-state index is 0.111. The minimum atomic E-state index is -0.111. The molecule has 438 valence electrons. The van der Waals surface area contributed by atoms with E-state index in [1.54, 1.807) is 0 Å². The van der Waals surface area contributed by atoms with Crippen LogP contribution in [0, 0.1) is 0 Å². The largest absolute Gasteiger partial charge is 0.309 e. The molecular weight excluding hydrogens is 1130 g/mol. The maximum absolute atomic E-state index is 5.29. The molecule has 0 fully saturated rings. The van der Waals surface area contributed by atoms with Crippen LogP contribution in [0.5, 0.6) is 0 Å². The summed E-state index contributed by atoms with van der Waals surface area (Å²) in [5, 5.41) is 7.26. The quantitative estimate of drug-likeness (QED) is 0.152. The van der Waals surface area contributed by atoms with E-state index in [0.717, 1.165) is 55.9 Å². The van der Waals surface area contributed by atoms with Gasteiger partial charge in [-0.05, 0) is 170 Å². The van der Waals surface area contributed by atoms with Gasteiger partial charge in [0.25, 0.3) is 0 Å². The molecule has 0 bridgehead atoms. The number of benzene rings is 13. The molecule has 0 saturated heterocycles. The van der Waals surface area contributed by atoms with Crippen molar-refractivity contribution in [2.24, 2.45) is 0 Å². The van der Waals surface area contributed by atoms with Crippen molar-refractivity contribution >= 4 is 65.4 Å². The van der Waals surface area contributed by atoms with E-state index >= 15 is 0 Å². The lowest BCUT2D eigenvalue weighted by molar-refractivity contribution is 0.660. The van der Waals surface area contributed by atoms with Gasteiger partial charge in [-0.15, -0.1) is 0 Å². The number of aromatic nitrogens is 5. The SMILES string of the molecule is CC1(C)c2ccccc2-c2ccc(-n3c4ccccc4c4cc(-c5ccc6c(c5)c5cc(-c7ccc8c(c7)c7ccccc7n8-c7ccc8c(c7)C(C)(C)c7ccccc7-8)ccc5n6-c5cccc(-c6nc(-c7ccccc7)cc(-c7ccccc7)n6)c5)ccc43)cc21. The van der Waals surface area contributed by atoms with Crippen molar-refractivity contribution in [3.63, 3.8) is 0 Å². The Hall–Kier alpha value is -11.7. The highest BCUT2D eigenvalue weighted by atomic mass is 15.0. The third-order valence-corrected chi connectivity index (χ3v) is 20.7. The van der Waals surface area contributed by atoms with Crippen LogP contribution in [0.2, 0.25) is 0 Å². The highest BCUT2D eigenvalue weighted by Gasteiger charge is 2.37. The third kappa shape index (κ3) is 7.99. The van der Waals surface area contributed by atoms with Crippen LogP contribution in [-0.2, 0) is 10.8 Å². The van der Waals surface area contributed by atoms with Crippen LogP contribution in [0.15, 0.2) is 297 Å². The molecule has 0 amide bonds. The number of hydrogen-bond acceptors (Lipinski definition) is 2. The number of para-hydroxylation sites is 2. The fourth-order valence-electron chi connectivity index (χ4n) is 16.1. The van der Waals surface area contributed by atoms with E-state index in [1.807, 2.05) is 12.1 Å². The fourth-order valence-corrected chi connectivity index (χ4v) is 16.1. The molecule has 19 rings (SSSR count). The lowest BCUT2D eigenvalue weighted by Gasteiger charge is -2.22. The van der Waals surface area contributed by atoms with E-state index in [1.165, 1.54) is 121 Å². The molecule has 0 N–H and O–H groups in total. The van der Waals surface area contributed by atoms with Gasteiger partial charge in [-0.25, -0.2) is 9.97 Å². The standard InChI is InChI=1S/C88H61N5/c1-87(2)74-30-15-11-26-64(74)66-40-38-62(51-76(66)87)92-80-32-17-13-28-68(80)70-47-56(34-42-82(70)92)58-36-44-84-72(49-58)73-50-59(37-45-85(73)91(84)61-25-19-24-60(46-61)86-89-78(54-20-7-5-8-21-54)53-79(90-86)55-22-9-6-10-23-55)57-35-43-83-71(48-57)69-29-14-18-33-81(69)93(83)63-39-41-67-65-27-12-16-31-75(65)88(3,4)77(67)52-63/h5-53H,1-4H3. The second-order valence-electron chi connectivity index (χ2n) is 26.5. The van der Waals surface area contributed by atoms with Crippen LogP contribution in [0.4, 0.5) is 0 Å². The number of fused-ring (bicyclic) bond motifs is 15. The predicted molar refractivity (Wildman–Crippen MR) is 387 cm³/mol. The van der Waals surface area contributed by atoms with Crippen LogP contribution in [0.25, 0.3) is 161 Å². The molecule has 4 heterocycles. The Bertz CT molecular complexity index is 5650. The van der Waals surface area contributed by atoms with E-state index in [9.17, 15) is 0 Å². The first kappa shape index (κ1) is 53.2. The summed E-state index contributed by atoms with van der Waals surface area (Å²) in [6.45, 7) is 9.46. The van der Waals surface area contributed by atoms with E-state index in [4.69, 9.17) is 9.97 Å². The van der Waals surface area contributed by atoms with Gasteiger partial charge in [-0.1, -0.05) is 222 Å². The molecule has 4 aromatic heterocycles. The van der Waals surface area contributed by atoms with Crippen LogP contribution < -0.4 is 0 Å². The van der Waals surface area contributed by atoms with Gasteiger partial charge in [0.15, 0.2) is 5.82 Å². The van der Waals surface area contributed by atoms with Crippen LogP contribution in [0.3, 0.4) is 0 Å². The normalized spacial score (nSPS) is 13.5. The summed E-state index contributed by atoms with van der Waals surface area (Å²) in [5.74, 6) is 0.673. The Morgan fingerprint density at radius 1 is 0.226 bits per heavy atom. The molecule has 5 nitrogen and oxygen atoms in total. The van der Waals surface area contributed by atoms with Crippen molar-refractivity contribution in [2.45, 2.75) is 38.5 Å². The van der Waals surface area contributed by atoms with Crippen molar-refractivity contribution < 1.29 is 0 Å². The van der Waals surface area contributed by atoms with Crippen molar-refractivity contribution in [1.82, 2.24) is 23.7 Å². The summed E-state index contributed by atoms with van der Waals surface area (Å²) in [6, 6.07) is 110. The minimum Gasteiger partial charge on any atom is -0.309 e. The monoisotopic (exact) mass is 1190 g/mol. The lowest BCUT2D eigenvalue weighted by atomic mass is 9.82. The van der Waals surface area contributed by atoms with Gasteiger partial charge in [-0.2, -0.15) is 0 Å². The smallest absolute Gasteiger partial charge is 0.160 e. The Morgan fingerprint density at radius 3 is 1.01 bits per heavy atom.